The minimum absolute atomic E-state index is 0.0398. The van der Waals surface area contributed by atoms with Gasteiger partial charge in [-0.25, -0.2) is 18.1 Å². The van der Waals surface area contributed by atoms with Gasteiger partial charge in [-0.2, -0.15) is 0 Å². The summed E-state index contributed by atoms with van der Waals surface area (Å²) < 4.78 is 34.3. The third-order valence-electron chi connectivity index (χ3n) is 3.58. The topological polar surface area (TPSA) is 73.2 Å². The number of hydrogen-bond acceptors (Lipinski definition) is 4. The third kappa shape index (κ3) is 2.79. The summed E-state index contributed by atoms with van der Waals surface area (Å²) in [6.45, 7) is 1.99. The molecule has 112 valence electrons. The molecule has 3 rings (SSSR count). The molecular formula is C14H17N3O3S. The first-order chi connectivity index (χ1) is 9.95. The Kier molecular flexibility index (Phi) is 3.46. The number of para-hydroxylation sites is 1. The lowest BCUT2D eigenvalue weighted by atomic mass is 10.1. The Morgan fingerprint density at radius 3 is 2.86 bits per heavy atom. The van der Waals surface area contributed by atoms with Gasteiger partial charge in [-0.05, 0) is 18.6 Å². The zero-order chi connectivity index (χ0) is 15.0. The van der Waals surface area contributed by atoms with E-state index in [1.165, 1.54) is 6.20 Å². The molecule has 2 aromatic rings. The van der Waals surface area contributed by atoms with Crippen LogP contribution in [0.1, 0.15) is 11.4 Å². The molecular weight excluding hydrogens is 290 g/mol. The van der Waals surface area contributed by atoms with Crippen LogP contribution in [0.2, 0.25) is 0 Å². The Morgan fingerprint density at radius 1 is 1.43 bits per heavy atom. The van der Waals surface area contributed by atoms with E-state index in [4.69, 9.17) is 4.74 Å². The highest BCUT2D eigenvalue weighted by Crippen LogP contribution is 2.27. The molecule has 1 unspecified atom stereocenters. The number of imidazole rings is 1. The lowest BCUT2D eigenvalue weighted by Gasteiger charge is -2.11. The van der Waals surface area contributed by atoms with Crippen LogP contribution in [0.3, 0.4) is 0 Å². The molecule has 0 aliphatic carbocycles. The fraction of sp³-hybridized carbons (Fsp3) is 0.357. The molecule has 21 heavy (non-hydrogen) atoms. The zero-order valence-corrected chi connectivity index (χ0v) is 12.7. The summed E-state index contributed by atoms with van der Waals surface area (Å²) in [5, 5.41) is 0.0398. The van der Waals surface area contributed by atoms with E-state index in [9.17, 15) is 8.42 Å². The van der Waals surface area contributed by atoms with Crippen molar-refractivity contribution < 1.29 is 13.2 Å². The first-order valence-corrected chi connectivity index (χ1v) is 8.18. The number of ether oxygens (including phenoxy) is 1. The molecule has 7 heteroatoms. The van der Waals surface area contributed by atoms with Crippen LogP contribution in [0.5, 0.6) is 5.75 Å². The average molecular weight is 307 g/mol. The van der Waals surface area contributed by atoms with Crippen LogP contribution in [0.15, 0.2) is 35.5 Å². The average Bonchev–Trinajstić information content (AvgIpc) is 3.01. The largest absolute Gasteiger partial charge is 0.488 e. The van der Waals surface area contributed by atoms with E-state index >= 15 is 0 Å². The van der Waals surface area contributed by atoms with E-state index in [2.05, 4.69) is 9.71 Å². The molecule has 0 radical (unpaired) electrons. The Morgan fingerprint density at radius 2 is 2.19 bits per heavy atom. The van der Waals surface area contributed by atoms with Crippen LogP contribution in [0.25, 0.3) is 0 Å². The smallest absolute Gasteiger partial charge is 0.259 e. The minimum atomic E-state index is -3.60. The highest BCUT2D eigenvalue weighted by molar-refractivity contribution is 7.89. The molecule has 1 atom stereocenters. The molecule has 1 aromatic carbocycles. The van der Waals surface area contributed by atoms with Crippen molar-refractivity contribution in [3.63, 3.8) is 0 Å². The number of hydrogen-bond donors (Lipinski definition) is 1. The van der Waals surface area contributed by atoms with Gasteiger partial charge in [0, 0.05) is 26.2 Å². The van der Waals surface area contributed by atoms with Crippen LogP contribution in [0, 0.1) is 6.92 Å². The molecule has 0 saturated carbocycles. The fourth-order valence-corrected chi connectivity index (χ4v) is 3.40. The Hall–Kier alpha value is -1.86. The van der Waals surface area contributed by atoms with E-state index < -0.39 is 10.0 Å². The number of sulfonamides is 1. The number of nitrogens with one attached hydrogen (secondary N) is 1. The second kappa shape index (κ2) is 5.16. The third-order valence-corrected chi connectivity index (χ3v) is 4.87. The van der Waals surface area contributed by atoms with Crippen molar-refractivity contribution in [2.75, 3.05) is 6.54 Å². The molecule has 0 amide bonds. The van der Waals surface area contributed by atoms with Gasteiger partial charge in [0.2, 0.25) is 0 Å². The molecule has 2 heterocycles. The van der Waals surface area contributed by atoms with Crippen LogP contribution in [-0.4, -0.2) is 30.6 Å². The van der Waals surface area contributed by atoms with E-state index in [-0.39, 0.29) is 17.7 Å². The molecule has 1 aliphatic rings. The Balaban J connectivity index is 1.66. The first kappa shape index (κ1) is 14.1. The number of benzene rings is 1. The second-order valence-corrected chi connectivity index (χ2v) is 6.85. The maximum atomic E-state index is 12.2. The number of rotatable bonds is 4. The predicted octanol–water partition coefficient (Wildman–Crippen LogP) is 1.01. The maximum absolute atomic E-state index is 12.2. The summed E-state index contributed by atoms with van der Waals surface area (Å²) in [5.74, 6) is 1.48. The van der Waals surface area contributed by atoms with Crippen molar-refractivity contribution in [1.82, 2.24) is 14.3 Å². The highest BCUT2D eigenvalue weighted by Gasteiger charge is 2.25. The van der Waals surface area contributed by atoms with Gasteiger partial charge in [-0.3, -0.25) is 0 Å². The van der Waals surface area contributed by atoms with Crippen molar-refractivity contribution in [3.05, 3.63) is 41.9 Å². The van der Waals surface area contributed by atoms with Gasteiger partial charge in [0.1, 0.15) is 17.7 Å². The number of aromatic nitrogens is 2. The summed E-state index contributed by atoms with van der Waals surface area (Å²) in [5.41, 5.74) is 1.11. The normalized spacial score (nSPS) is 17.5. The lowest BCUT2D eigenvalue weighted by molar-refractivity contribution is 0.236. The molecule has 1 aromatic heterocycles. The van der Waals surface area contributed by atoms with Crippen LogP contribution in [0.4, 0.5) is 0 Å². The quantitative estimate of drug-likeness (QED) is 0.915. The number of nitrogens with zero attached hydrogens (tertiary/aromatic N) is 2. The summed E-state index contributed by atoms with van der Waals surface area (Å²) >= 11 is 0. The summed E-state index contributed by atoms with van der Waals surface area (Å²) in [4.78, 5) is 4.04. The molecule has 0 spiro atoms. The second-order valence-electron chi connectivity index (χ2n) is 5.14. The SMILES string of the molecule is Cc1nc(S(=O)(=O)NCC2Cc3ccccc3O2)cn1C. The van der Waals surface area contributed by atoms with Gasteiger partial charge in [-0.15, -0.1) is 0 Å². The predicted molar refractivity (Wildman–Crippen MR) is 77.7 cm³/mol. The minimum Gasteiger partial charge on any atom is -0.488 e. The van der Waals surface area contributed by atoms with E-state index in [0.29, 0.717) is 12.2 Å². The van der Waals surface area contributed by atoms with Crippen molar-refractivity contribution >= 4 is 10.0 Å². The van der Waals surface area contributed by atoms with Gasteiger partial charge in [0.05, 0.1) is 0 Å². The highest BCUT2D eigenvalue weighted by atomic mass is 32.2. The van der Waals surface area contributed by atoms with Crippen LogP contribution >= 0.6 is 0 Å². The first-order valence-electron chi connectivity index (χ1n) is 6.70. The van der Waals surface area contributed by atoms with Gasteiger partial charge in [0.15, 0.2) is 5.03 Å². The van der Waals surface area contributed by atoms with Gasteiger partial charge >= 0.3 is 0 Å². The summed E-state index contributed by atoms with van der Waals surface area (Å²) in [7, 11) is -1.84. The molecule has 0 saturated heterocycles. The van der Waals surface area contributed by atoms with E-state index in [1.807, 2.05) is 24.3 Å². The van der Waals surface area contributed by atoms with E-state index in [0.717, 1.165) is 11.3 Å². The van der Waals surface area contributed by atoms with Gasteiger partial charge in [0.25, 0.3) is 10.0 Å². The standard InChI is InChI=1S/C14H17N3O3S/c1-10-16-14(9-17(10)2)21(18,19)15-8-12-7-11-5-3-4-6-13(11)20-12/h3-6,9,12,15H,7-8H2,1-2H3. The Labute approximate surface area is 123 Å². The summed E-state index contributed by atoms with van der Waals surface area (Å²) in [6, 6.07) is 7.74. The van der Waals surface area contributed by atoms with Crippen LogP contribution in [-0.2, 0) is 23.5 Å². The van der Waals surface area contributed by atoms with Gasteiger partial charge < -0.3 is 9.30 Å². The molecule has 1 N–H and O–H groups in total. The van der Waals surface area contributed by atoms with Crippen molar-refractivity contribution in [2.24, 2.45) is 7.05 Å². The number of aryl methyl sites for hydroxylation is 2. The van der Waals surface area contributed by atoms with Gasteiger partial charge in [-0.1, -0.05) is 18.2 Å². The molecule has 1 aliphatic heterocycles. The fourth-order valence-electron chi connectivity index (χ4n) is 2.30. The Bertz CT molecular complexity index is 723. The monoisotopic (exact) mass is 307 g/mol. The molecule has 6 nitrogen and oxygen atoms in total. The number of fused-ring (bicyclic) bond motifs is 1. The summed E-state index contributed by atoms with van der Waals surface area (Å²) in [6.07, 6.45) is 2.03. The zero-order valence-electron chi connectivity index (χ0n) is 11.9. The van der Waals surface area contributed by atoms with Crippen molar-refractivity contribution in [3.8, 4) is 5.75 Å². The van der Waals surface area contributed by atoms with E-state index in [1.54, 1.807) is 18.5 Å². The maximum Gasteiger partial charge on any atom is 0.259 e. The lowest BCUT2D eigenvalue weighted by Crippen LogP contribution is -2.34. The van der Waals surface area contributed by atoms with Crippen molar-refractivity contribution in [2.45, 2.75) is 24.5 Å². The van der Waals surface area contributed by atoms with Crippen molar-refractivity contribution in [1.29, 1.82) is 0 Å². The van der Waals surface area contributed by atoms with Crippen LogP contribution < -0.4 is 9.46 Å². The molecule has 0 bridgehead atoms. The molecule has 0 fully saturated rings.